The van der Waals surface area contributed by atoms with Crippen LogP contribution in [-0.4, -0.2) is 19.8 Å². The van der Waals surface area contributed by atoms with E-state index < -0.39 is 11.7 Å². The van der Waals surface area contributed by atoms with Gasteiger partial charge in [0.1, 0.15) is 6.33 Å². The predicted octanol–water partition coefficient (Wildman–Crippen LogP) is 3.88. The Hall–Kier alpha value is -2.64. The van der Waals surface area contributed by atoms with Crippen molar-refractivity contribution in [3.63, 3.8) is 0 Å². The Morgan fingerprint density at radius 3 is 2.71 bits per heavy atom. The molecule has 0 saturated heterocycles. The second-order valence-corrected chi connectivity index (χ2v) is 5.79. The van der Waals surface area contributed by atoms with Gasteiger partial charge in [-0.15, -0.1) is 10.2 Å². The van der Waals surface area contributed by atoms with Gasteiger partial charge in [-0.1, -0.05) is 26.0 Å². The number of halogens is 3. The molecule has 2 aromatic heterocycles. The molecule has 5 nitrogen and oxygen atoms in total. The zero-order valence-electron chi connectivity index (χ0n) is 13.2. The van der Waals surface area contributed by atoms with E-state index in [-0.39, 0.29) is 12.5 Å². The lowest BCUT2D eigenvalue weighted by molar-refractivity contribution is -0.137. The smallest absolute Gasteiger partial charge is 0.378 e. The molecule has 3 aromatic rings. The lowest BCUT2D eigenvalue weighted by Gasteiger charge is -2.12. The van der Waals surface area contributed by atoms with Gasteiger partial charge < -0.3 is 5.32 Å². The highest BCUT2D eigenvalue weighted by Crippen LogP contribution is 2.29. The number of nitrogens with zero attached hydrogens (tertiary/aromatic N) is 4. The van der Waals surface area contributed by atoms with Crippen molar-refractivity contribution >= 4 is 11.3 Å². The third-order valence-corrected chi connectivity index (χ3v) is 3.62. The van der Waals surface area contributed by atoms with Crippen LogP contribution in [0.3, 0.4) is 0 Å². The number of fused-ring (bicyclic) bond motifs is 1. The monoisotopic (exact) mass is 335 g/mol. The second kappa shape index (κ2) is 6.10. The third kappa shape index (κ3) is 3.32. The standard InChI is InChI=1S/C16H16F3N5/c1-10(2)13-7-14(15-22-21-9-24(15)23-13)20-8-11-4-3-5-12(6-11)16(17,18)19/h3-7,9-10,20H,8H2,1-2H3. The van der Waals surface area contributed by atoms with Gasteiger partial charge in [-0.2, -0.15) is 22.8 Å². The Bertz CT molecular complexity index is 854. The van der Waals surface area contributed by atoms with Crippen LogP contribution in [0.15, 0.2) is 36.7 Å². The fraction of sp³-hybridized carbons (Fsp3) is 0.312. The van der Waals surface area contributed by atoms with Crippen LogP contribution in [0.2, 0.25) is 0 Å². The highest BCUT2D eigenvalue weighted by atomic mass is 19.4. The van der Waals surface area contributed by atoms with Gasteiger partial charge in [-0.05, 0) is 29.7 Å². The van der Waals surface area contributed by atoms with Crippen LogP contribution in [0.1, 0.15) is 36.6 Å². The van der Waals surface area contributed by atoms with Crippen molar-refractivity contribution < 1.29 is 13.2 Å². The molecule has 0 aliphatic heterocycles. The first-order chi connectivity index (χ1) is 11.3. The average molecular weight is 335 g/mol. The summed E-state index contributed by atoms with van der Waals surface area (Å²) in [7, 11) is 0. The fourth-order valence-corrected chi connectivity index (χ4v) is 2.31. The van der Waals surface area contributed by atoms with Crippen molar-refractivity contribution in [1.82, 2.24) is 19.8 Å². The van der Waals surface area contributed by atoms with Gasteiger partial charge in [-0.25, -0.2) is 0 Å². The van der Waals surface area contributed by atoms with E-state index in [1.165, 1.54) is 12.4 Å². The zero-order chi connectivity index (χ0) is 17.3. The van der Waals surface area contributed by atoms with Crippen LogP contribution in [0.4, 0.5) is 18.9 Å². The van der Waals surface area contributed by atoms with E-state index in [1.54, 1.807) is 10.6 Å². The first-order valence-electron chi connectivity index (χ1n) is 7.45. The van der Waals surface area contributed by atoms with Crippen molar-refractivity contribution in [3.8, 4) is 0 Å². The van der Waals surface area contributed by atoms with Crippen molar-refractivity contribution in [2.75, 3.05) is 5.32 Å². The molecule has 8 heteroatoms. The van der Waals surface area contributed by atoms with E-state index in [4.69, 9.17) is 0 Å². The van der Waals surface area contributed by atoms with E-state index in [2.05, 4.69) is 20.6 Å². The van der Waals surface area contributed by atoms with E-state index in [0.29, 0.717) is 16.9 Å². The summed E-state index contributed by atoms with van der Waals surface area (Å²) in [5.41, 5.74) is 1.93. The van der Waals surface area contributed by atoms with Crippen LogP contribution < -0.4 is 5.32 Å². The summed E-state index contributed by atoms with van der Waals surface area (Å²) in [6.07, 6.45) is -2.85. The number of hydrogen-bond acceptors (Lipinski definition) is 4. The van der Waals surface area contributed by atoms with Crippen molar-refractivity contribution in [1.29, 1.82) is 0 Å². The molecule has 2 heterocycles. The number of anilines is 1. The molecule has 24 heavy (non-hydrogen) atoms. The molecule has 0 bridgehead atoms. The van der Waals surface area contributed by atoms with Crippen LogP contribution in [0.25, 0.3) is 5.65 Å². The summed E-state index contributed by atoms with van der Waals surface area (Å²) in [5.74, 6) is 0.200. The summed E-state index contributed by atoms with van der Waals surface area (Å²) >= 11 is 0. The first kappa shape index (κ1) is 16.2. The average Bonchev–Trinajstić information content (AvgIpc) is 3.00. The van der Waals surface area contributed by atoms with Gasteiger partial charge in [0.2, 0.25) is 5.65 Å². The summed E-state index contributed by atoms with van der Waals surface area (Å²) in [6, 6.07) is 7.09. The molecule has 0 spiro atoms. The molecule has 3 rings (SSSR count). The highest BCUT2D eigenvalue weighted by molar-refractivity contribution is 5.66. The molecule has 1 N–H and O–H groups in total. The SMILES string of the molecule is CC(C)c1cc(NCc2cccc(C(F)(F)F)c2)c2nncn2n1. The summed E-state index contributed by atoms with van der Waals surface area (Å²) in [5, 5.41) is 15.4. The number of alkyl halides is 3. The van der Waals surface area contributed by atoms with Crippen LogP contribution in [-0.2, 0) is 12.7 Å². The Balaban J connectivity index is 1.87. The highest BCUT2D eigenvalue weighted by Gasteiger charge is 2.30. The van der Waals surface area contributed by atoms with E-state index in [1.807, 2.05) is 19.9 Å². The first-order valence-corrected chi connectivity index (χ1v) is 7.45. The molecule has 0 amide bonds. The maximum Gasteiger partial charge on any atom is 0.416 e. The minimum atomic E-state index is -4.35. The van der Waals surface area contributed by atoms with Crippen LogP contribution in [0, 0.1) is 0 Å². The van der Waals surface area contributed by atoms with Crippen LogP contribution in [0.5, 0.6) is 0 Å². The van der Waals surface area contributed by atoms with Crippen molar-refractivity contribution in [2.45, 2.75) is 32.5 Å². The number of benzene rings is 1. The lowest BCUT2D eigenvalue weighted by atomic mass is 10.1. The maximum absolute atomic E-state index is 12.8. The fourth-order valence-electron chi connectivity index (χ4n) is 2.31. The predicted molar refractivity (Wildman–Crippen MR) is 83.6 cm³/mol. The molecule has 126 valence electrons. The number of nitrogens with one attached hydrogen (secondary N) is 1. The molecule has 0 saturated carbocycles. The Labute approximate surface area is 136 Å². The molecular formula is C16H16F3N5. The Morgan fingerprint density at radius 2 is 2.00 bits per heavy atom. The maximum atomic E-state index is 12.8. The number of rotatable bonds is 4. The number of aromatic nitrogens is 4. The van der Waals surface area contributed by atoms with Gasteiger partial charge in [0.15, 0.2) is 0 Å². The molecule has 0 radical (unpaired) electrons. The van der Waals surface area contributed by atoms with Gasteiger partial charge in [0.05, 0.1) is 16.9 Å². The Morgan fingerprint density at radius 1 is 1.21 bits per heavy atom. The lowest BCUT2D eigenvalue weighted by Crippen LogP contribution is -2.08. The van der Waals surface area contributed by atoms with Gasteiger partial charge in [0, 0.05) is 6.54 Å². The largest absolute Gasteiger partial charge is 0.416 e. The molecule has 1 aromatic carbocycles. The van der Waals surface area contributed by atoms with E-state index in [9.17, 15) is 13.2 Å². The van der Waals surface area contributed by atoms with E-state index >= 15 is 0 Å². The second-order valence-electron chi connectivity index (χ2n) is 5.79. The van der Waals surface area contributed by atoms with Gasteiger partial charge in [-0.3, -0.25) is 0 Å². The van der Waals surface area contributed by atoms with Gasteiger partial charge >= 0.3 is 6.18 Å². The van der Waals surface area contributed by atoms with Crippen molar-refractivity contribution in [2.24, 2.45) is 0 Å². The molecule has 0 unspecified atom stereocenters. The number of hydrogen-bond donors (Lipinski definition) is 1. The third-order valence-electron chi connectivity index (χ3n) is 3.62. The minimum Gasteiger partial charge on any atom is -0.378 e. The molecular weight excluding hydrogens is 319 g/mol. The topological polar surface area (TPSA) is 55.1 Å². The quantitative estimate of drug-likeness (QED) is 0.786. The normalized spacial score (nSPS) is 12.1. The van der Waals surface area contributed by atoms with Gasteiger partial charge in [0.25, 0.3) is 0 Å². The summed E-state index contributed by atoms with van der Waals surface area (Å²) < 4.78 is 39.9. The van der Waals surface area contributed by atoms with E-state index in [0.717, 1.165) is 17.8 Å². The molecule has 0 fully saturated rings. The molecule has 0 aliphatic carbocycles. The Kier molecular flexibility index (Phi) is 4.13. The zero-order valence-corrected chi connectivity index (χ0v) is 13.2. The molecule has 0 atom stereocenters. The minimum absolute atomic E-state index is 0.200. The summed E-state index contributed by atoms with van der Waals surface area (Å²) in [6.45, 7) is 4.26. The molecule has 0 aliphatic rings. The summed E-state index contributed by atoms with van der Waals surface area (Å²) in [4.78, 5) is 0. The van der Waals surface area contributed by atoms with Crippen molar-refractivity contribution in [3.05, 3.63) is 53.5 Å². The van der Waals surface area contributed by atoms with Crippen LogP contribution >= 0.6 is 0 Å².